The van der Waals surface area contributed by atoms with Crippen molar-refractivity contribution in [2.75, 3.05) is 25.5 Å². The van der Waals surface area contributed by atoms with Crippen LogP contribution in [0.2, 0.25) is 0 Å². The summed E-state index contributed by atoms with van der Waals surface area (Å²) in [6.45, 7) is 4.68. The molecule has 1 amide bonds. The molecule has 2 aromatic carbocycles. The molecule has 0 aromatic heterocycles. The van der Waals surface area contributed by atoms with Crippen LogP contribution in [0.5, 0.6) is 0 Å². The molecular formula is C22H29IN4O2. The highest BCUT2D eigenvalue weighted by molar-refractivity contribution is 14.0. The Bertz CT molecular complexity index is 824. The number of ether oxygens (including phenoxy) is 1. The molecule has 3 N–H and O–H groups in total. The van der Waals surface area contributed by atoms with Crippen molar-refractivity contribution < 1.29 is 9.53 Å². The van der Waals surface area contributed by atoms with Gasteiger partial charge in [0, 0.05) is 38.2 Å². The van der Waals surface area contributed by atoms with Crippen molar-refractivity contribution in [3.63, 3.8) is 0 Å². The Kier molecular flexibility index (Phi) is 9.40. The number of amides is 1. The summed E-state index contributed by atoms with van der Waals surface area (Å²) in [6.07, 6.45) is 0.477. The van der Waals surface area contributed by atoms with E-state index >= 15 is 0 Å². The van der Waals surface area contributed by atoms with Gasteiger partial charge in [-0.25, -0.2) is 4.99 Å². The number of methoxy groups -OCH3 is 1. The van der Waals surface area contributed by atoms with Crippen molar-refractivity contribution in [1.29, 1.82) is 0 Å². The van der Waals surface area contributed by atoms with Gasteiger partial charge in [0.05, 0.1) is 13.2 Å². The number of carbonyl (C=O) groups excluding carboxylic acids is 1. The average Bonchev–Trinajstić information content (AvgIpc) is 2.71. The molecule has 0 bridgehead atoms. The third kappa shape index (κ3) is 6.71. The molecule has 1 aliphatic rings. The van der Waals surface area contributed by atoms with E-state index < -0.39 is 0 Å². The van der Waals surface area contributed by atoms with Gasteiger partial charge in [0.2, 0.25) is 5.91 Å². The maximum Gasteiger partial charge on any atom is 0.225 e. The Balaban J connectivity index is 0.00000300. The monoisotopic (exact) mass is 508 g/mol. The van der Waals surface area contributed by atoms with E-state index in [1.807, 2.05) is 25.1 Å². The van der Waals surface area contributed by atoms with Crippen LogP contribution in [0.1, 0.15) is 36.0 Å². The van der Waals surface area contributed by atoms with E-state index in [2.05, 4.69) is 51.3 Å². The van der Waals surface area contributed by atoms with Crippen LogP contribution in [-0.2, 0) is 22.7 Å². The predicted molar refractivity (Wildman–Crippen MR) is 128 cm³/mol. The van der Waals surface area contributed by atoms with E-state index in [4.69, 9.17) is 4.74 Å². The second kappa shape index (κ2) is 11.8. The van der Waals surface area contributed by atoms with Crippen molar-refractivity contribution in [2.45, 2.75) is 32.4 Å². The van der Waals surface area contributed by atoms with Crippen molar-refractivity contribution >= 4 is 41.5 Å². The largest absolute Gasteiger partial charge is 0.380 e. The molecule has 1 atom stereocenters. The molecule has 2 aromatic rings. The smallest absolute Gasteiger partial charge is 0.225 e. The molecule has 1 heterocycles. The SMILES string of the molecule is CCNC(=NCc1ccc(COC)cc1)NCC1CC(=O)Nc2ccccc21.I. The zero-order valence-electron chi connectivity index (χ0n) is 16.9. The Morgan fingerprint density at radius 1 is 1.14 bits per heavy atom. The van der Waals surface area contributed by atoms with E-state index in [1.165, 1.54) is 5.56 Å². The molecule has 0 spiro atoms. The summed E-state index contributed by atoms with van der Waals surface area (Å²) in [5.41, 5.74) is 4.36. The first-order chi connectivity index (χ1) is 13.7. The van der Waals surface area contributed by atoms with Crippen LogP contribution in [0.3, 0.4) is 0 Å². The standard InChI is InChI=1S/C22H28N4O2.HI/c1-3-23-22(24-13-16-8-10-17(11-9-16)15-28-2)25-14-18-12-21(27)26-20-7-5-4-6-19(18)20;/h4-11,18H,3,12-15H2,1-2H3,(H,26,27)(H2,23,24,25);1H. The molecule has 6 nitrogen and oxygen atoms in total. The number of halogens is 1. The number of para-hydroxylation sites is 1. The molecule has 1 aliphatic heterocycles. The summed E-state index contributed by atoms with van der Waals surface area (Å²) in [6, 6.07) is 16.2. The lowest BCUT2D eigenvalue weighted by molar-refractivity contribution is -0.116. The zero-order valence-corrected chi connectivity index (χ0v) is 19.2. The van der Waals surface area contributed by atoms with Crippen molar-refractivity contribution in [3.8, 4) is 0 Å². The van der Waals surface area contributed by atoms with Crippen LogP contribution in [0.4, 0.5) is 5.69 Å². The second-order valence-electron chi connectivity index (χ2n) is 6.86. The lowest BCUT2D eigenvalue weighted by Gasteiger charge is -2.26. The molecule has 3 rings (SSSR count). The Labute approximate surface area is 189 Å². The number of carbonyl (C=O) groups is 1. The number of nitrogens with one attached hydrogen (secondary N) is 3. The molecular weight excluding hydrogens is 479 g/mol. The van der Waals surface area contributed by atoms with Crippen molar-refractivity contribution in [3.05, 3.63) is 65.2 Å². The van der Waals surface area contributed by atoms with Gasteiger partial charge in [0.15, 0.2) is 5.96 Å². The molecule has 0 aliphatic carbocycles. The van der Waals surface area contributed by atoms with Crippen LogP contribution in [0.25, 0.3) is 0 Å². The summed E-state index contributed by atoms with van der Waals surface area (Å²) in [4.78, 5) is 16.7. The Morgan fingerprint density at radius 3 is 2.59 bits per heavy atom. The van der Waals surface area contributed by atoms with Gasteiger partial charge in [-0.1, -0.05) is 42.5 Å². The summed E-state index contributed by atoms with van der Waals surface area (Å²) in [5.74, 6) is 0.942. The zero-order chi connectivity index (χ0) is 19.8. The highest BCUT2D eigenvalue weighted by atomic mass is 127. The van der Waals surface area contributed by atoms with Gasteiger partial charge in [-0.2, -0.15) is 0 Å². The minimum absolute atomic E-state index is 0. The van der Waals surface area contributed by atoms with E-state index in [-0.39, 0.29) is 35.8 Å². The molecule has 156 valence electrons. The van der Waals surface area contributed by atoms with Gasteiger partial charge in [0.1, 0.15) is 0 Å². The Hall–Kier alpha value is -2.13. The number of nitrogens with zero attached hydrogens (tertiary/aromatic N) is 1. The molecule has 0 saturated carbocycles. The summed E-state index contributed by atoms with van der Waals surface area (Å²) >= 11 is 0. The summed E-state index contributed by atoms with van der Waals surface area (Å²) < 4.78 is 5.14. The summed E-state index contributed by atoms with van der Waals surface area (Å²) in [7, 11) is 1.70. The molecule has 29 heavy (non-hydrogen) atoms. The number of fused-ring (bicyclic) bond motifs is 1. The number of hydrogen-bond donors (Lipinski definition) is 3. The Morgan fingerprint density at radius 2 is 1.86 bits per heavy atom. The normalized spacial score (nSPS) is 15.7. The highest BCUT2D eigenvalue weighted by Gasteiger charge is 2.24. The van der Waals surface area contributed by atoms with Crippen LogP contribution in [0, 0.1) is 0 Å². The third-order valence-electron chi connectivity index (χ3n) is 4.72. The van der Waals surface area contributed by atoms with Crippen molar-refractivity contribution in [2.24, 2.45) is 4.99 Å². The molecule has 0 fully saturated rings. The first kappa shape index (κ1) is 23.2. The number of guanidine groups is 1. The third-order valence-corrected chi connectivity index (χ3v) is 4.72. The molecule has 0 radical (unpaired) electrons. The van der Waals surface area contributed by atoms with Gasteiger partial charge in [-0.3, -0.25) is 4.79 Å². The van der Waals surface area contributed by atoms with Crippen LogP contribution < -0.4 is 16.0 Å². The second-order valence-corrected chi connectivity index (χ2v) is 6.86. The highest BCUT2D eigenvalue weighted by Crippen LogP contribution is 2.31. The number of rotatable bonds is 7. The van der Waals surface area contributed by atoms with E-state index in [1.54, 1.807) is 7.11 Å². The molecule has 1 unspecified atom stereocenters. The maximum absolute atomic E-state index is 12.0. The average molecular weight is 508 g/mol. The van der Waals surface area contributed by atoms with Gasteiger partial charge in [-0.15, -0.1) is 24.0 Å². The quantitative estimate of drug-likeness (QED) is 0.304. The fraction of sp³-hybridized carbons (Fsp3) is 0.364. The first-order valence-electron chi connectivity index (χ1n) is 9.67. The number of aliphatic imine (C=N–C) groups is 1. The molecule has 7 heteroatoms. The lowest BCUT2D eigenvalue weighted by atomic mass is 9.90. The number of anilines is 1. The summed E-state index contributed by atoms with van der Waals surface area (Å²) in [5, 5.41) is 9.61. The number of hydrogen-bond acceptors (Lipinski definition) is 3. The first-order valence-corrected chi connectivity index (χ1v) is 9.67. The lowest BCUT2D eigenvalue weighted by Crippen LogP contribution is -2.40. The van der Waals surface area contributed by atoms with Gasteiger partial charge in [-0.05, 0) is 29.7 Å². The fourth-order valence-corrected chi connectivity index (χ4v) is 3.32. The number of benzene rings is 2. The van der Waals surface area contributed by atoms with E-state index in [0.717, 1.165) is 29.3 Å². The fourth-order valence-electron chi connectivity index (χ4n) is 3.32. The minimum Gasteiger partial charge on any atom is -0.380 e. The predicted octanol–water partition coefficient (Wildman–Crippen LogP) is 3.63. The van der Waals surface area contributed by atoms with Crippen molar-refractivity contribution in [1.82, 2.24) is 10.6 Å². The van der Waals surface area contributed by atoms with Gasteiger partial charge in [0.25, 0.3) is 0 Å². The van der Waals surface area contributed by atoms with Gasteiger partial charge < -0.3 is 20.7 Å². The van der Waals surface area contributed by atoms with E-state index in [0.29, 0.717) is 26.1 Å². The minimum atomic E-state index is 0. The topological polar surface area (TPSA) is 74.8 Å². The van der Waals surface area contributed by atoms with Gasteiger partial charge >= 0.3 is 0 Å². The van der Waals surface area contributed by atoms with Crippen LogP contribution >= 0.6 is 24.0 Å². The molecule has 0 saturated heterocycles. The maximum atomic E-state index is 12.0. The van der Waals surface area contributed by atoms with E-state index in [9.17, 15) is 4.79 Å². The van der Waals surface area contributed by atoms with Crippen LogP contribution in [0.15, 0.2) is 53.5 Å². The van der Waals surface area contributed by atoms with Crippen LogP contribution in [-0.4, -0.2) is 32.1 Å².